The second-order valence-corrected chi connectivity index (χ2v) is 11.8. The first-order valence-electron chi connectivity index (χ1n) is 14.0. The molecule has 3 heterocycles. The summed E-state index contributed by atoms with van der Waals surface area (Å²) in [5.41, 5.74) is 9.87. The van der Waals surface area contributed by atoms with Gasteiger partial charge in [-0.15, -0.1) is 0 Å². The molecule has 2 atom stereocenters. The highest BCUT2D eigenvalue weighted by Crippen LogP contribution is 2.50. The topological polar surface area (TPSA) is 44.7 Å². The van der Waals surface area contributed by atoms with Crippen LogP contribution in [0.3, 0.4) is 0 Å². The Labute approximate surface area is 239 Å². The number of amidine groups is 1. The number of anilines is 1. The van der Waals surface area contributed by atoms with Gasteiger partial charge in [-0.1, -0.05) is 84.9 Å². The second-order valence-electron chi connectivity index (χ2n) is 10.8. The number of thioether (sulfide) groups is 1. The Balaban J connectivity index is 1.32. The summed E-state index contributed by atoms with van der Waals surface area (Å²) < 4.78 is 0. The Kier molecular flexibility index (Phi) is 6.52. The molecule has 0 unspecified atom stereocenters. The van der Waals surface area contributed by atoms with Crippen LogP contribution in [-0.4, -0.2) is 24.2 Å². The summed E-state index contributed by atoms with van der Waals surface area (Å²) in [7, 11) is 0. The van der Waals surface area contributed by atoms with Crippen molar-refractivity contribution in [3.05, 3.63) is 135 Å². The van der Waals surface area contributed by atoms with Crippen molar-refractivity contribution < 1.29 is 4.79 Å². The summed E-state index contributed by atoms with van der Waals surface area (Å²) in [5, 5.41) is 3.65. The Morgan fingerprint density at radius 2 is 1.40 bits per heavy atom. The first-order valence-corrected chi connectivity index (χ1v) is 14.8. The van der Waals surface area contributed by atoms with Gasteiger partial charge in [-0.25, -0.2) is 4.99 Å². The van der Waals surface area contributed by atoms with Gasteiger partial charge in [0, 0.05) is 30.6 Å². The van der Waals surface area contributed by atoms with Crippen molar-refractivity contribution in [3.8, 4) is 0 Å². The zero-order valence-electron chi connectivity index (χ0n) is 22.5. The molecule has 3 aliphatic rings. The van der Waals surface area contributed by atoms with Crippen LogP contribution < -0.4 is 10.2 Å². The van der Waals surface area contributed by atoms with Crippen molar-refractivity contribution in [1.82, 2.24) is 5.32 Å². The van der Waals surface area contributed by atoms with E-state index in [0.29, 0.717) is 21.9 Å². The van der Waals surface area contributed by atoms with Gasteiger partial charge in [0.05, 0.1) is 10.6 Å². The summed E-state index contributed by atoms with van der Waals surface area (Å²) in [5.74, 6) is 0.549. The van der Waals surface area contributed by atoms with E-state index in [1.807, 2.05) is 24.3 Å². The quantitative estimate of drug-likeness (QED) is 0.269. The van der Waals surface area contributed by atoms with Gasteiger partial charge >= 0.3 is 0 Å². The zero-order valence-corrected chi connectivity index (χ0v) is 23.3. The molecule has 0 aliphatic carbocycles. The number of nitrogens with zero attached hydrogens (tertiary/aromatic N) is 2. The Hall–Kier alpha value is -4.09. The van der Waals surface area contributed by atoms with E-state index in [2.05, 4.69) is 96.0 Å². The van der Waals surface area contributed by atoms with E-state index in [4.69, 9.17) is 4.99 Å². The summed E-state index contributed by atoms with van der Waals surface area (Å²) in [6.45, 7) is 4.19. The van der Waals surface area contributed by atoms with Crippen LogP contribution in [0.1, 0.15) is 58.1 Å². The van der Waals surface area contributed by atoms with Gasteiger partial charge in [0.2, 0.25) is 0 Å². The van der Waals surface area contributed by atoms with Gasteiger partial charge in [0.15, 0.2) is 5.17 Å². The predicted octanol–water partition coefficient (Wildman–Crippen LogP) is 7.76. The van der Waals surface area contributed by atoms with Gasteiger partial charge in [-0.2, -0.15) is 0 Å². The molecule has 0 bridgehead atoms. The minimum absolute atomic E-state index is 0.0956. The molecule has 40 heavy (non-hydrogen) atoms. The smallest absolute Gasteiger partial charge is 0.264 e. The number of aliphatic imine (C=N–C) groups is 1. The maximum Gasteiger partial charge on any atom is 0.264 e. The lowest BCUT2D eigenvalue weighted by atomic mass is 9.76. The molecule has 1 N–H and O–H groups in total. The van der Waals surface area contributed by atoms with Crippen molar-refractivity contribution in [1.29, 1.82) is 0 Å². The first-order chi connectivity index (χ1) is 19.6. The minimum Gasteiger partial charge on any atom is -0.371 e. The third-order valence-electron chi connectivity index (χ3n) is 8.36. The number of amides is 1. The lowest BCUT2D eigenvalue weighted by Crippen LogP contribution is -2.37. The van der Waals surface area contributed by atoms with Crippen LogP contribution in [0.2, 0.25) is 0 Å². The molecule has 0 saturated carbocycles. The van der Waals surface area contributed by atoms with Crippen molar-refractivity contribution in [2.45, 2.75) is 31.6 Å². The molecule has 198 valence electrons. The van der Waals surface area contributed by atoms with Crippen LogP contribution >= 0.6 is 11.8 Å². The Morgan fingerprint density at radius 3 is 2.00 bits per heavy atom. The third kappa shape index (κ3) is 4.65. The molecule has 3 aliphatic heterocycles. The molecule has 4 nitrogen and oxygen atoms in total. The fourth-order valence-corrected chi connectivity index (χ4v) is 7.22. The molecular formula is C35H31N3OS. The number of carbonyl (C=O) groups excluding carboxylic acids is 1. The fraction of sp³-hybridized carbons (Fsp3) is 0.200. The van der Waals surface area contributed by atoms with Crippen molar-refractivity contribution in [2.75, 3.05) is 18.0 Å². The molecule has 1 saturated heterocycles. The summed E-state index contributed by atoms with van der Waals surface area (Å²) in [6.07, 6.45) is 4.13. The number of hydrogen-bond donors (Lipinski definition) is 1. The normalized spacial score (nSPS) is 21.9. The van der Waals surface area contributed by atoms with Gasteiger partial charge < -0.3 is 10.2 Å². The molecule has 1 fully saturated rings. The molecular weight excluding hydrogens is 510 g/mol. The van der Waals surface area contributed by atoms with E-state index < -0.39 is 0 Å². The number of carbonyl (C=O) groups is 1. The second kappa shape index (κ2) is 10.5. The average molecular weight is 542 g/mol. The van der Waals surface area contributed by atoms with Crippen LogP contribution in [0.15, 0.2) is 107 Å². The highest BCUT2D eigenvalue weighted by Gasteiger charge is 2.35. The maximum absolute atomic E-state index is 12.9. The molecule has 0 aromatic heterocycles. The number of aryl methyl sites for hydroxylation is 1. The minimum atomic E-state index is -0.0956. The van der Waals surface area contributed by atoms with Gasteiger partial charge in [-0.05, 0) is 83.1 Å². The molecule has 7 rings (SSSR count). The molecule has 0 spiro atoms. The van der Waals surface area contributed by atoms with E-state index in [9.17, 15) is 4.79 Å². The van der Waals surface area contributed by atoms with E-state index in [1.54, 1.807) is 0 Å². The van der Waals surface area contributed by atoms with Gasteiger partial charge in [0.1, 0.15) is 0 Å². The average Bonchev–Trinajstić information content (AvgIpc) is 3.33. The van der Waals surface area contributed by atoms with Gasteiger partial charge in [-0.3, -0.25) is 4.79 Å². The summed E-state index contributed by atoms with van der Waals surface area (Å²) in [6, 6.07) is 34.4. The third-order valence-corrected chi connectivity index (χ3v) is 9.27. The molecule has 4 aromatic rings. The molecule has 0 radical (unpaired) electrons. The van der Waals surface area contributed by atoms with Crippen molar-refractivity contribution >= 4 is 40.3 Å². The molecule has 4 aromatic carbocycles. The summed E-state index contributed by atoms with van der Waals surface area (Å²) >= 11 is 1.42. The maximum atomic E-state index is 12.9. The first kappa shape index (κ1) is 24.9. The summed E-state index contributed by atoms with van der Waals surface area (Å²) in [4.78, 5) is 21.2. The number of rotatable bonds is 4. The lowest BCUT2D eigenvalue weighted by molar-refractivity contribution is -0.115. The van der Waals surface area contributed by atoms with E-state index in [1.165, 1.54) is 39.7 Å². The highest BCUT2D eigenvalue weighted by atomic mass is 32.2. The zero-order chi connectivity index (χ0) is 27.1. The Bertz CT molecular complexity index is 1570. The predicted molar refractivity (Wildman–Crippen MR) is 166 cm³/mol. The number of nitrogens with one attached hydrogen (secondary N) is 1. The van der Waals surface area contributed by atoms with Gasteiger partial charge in [0.25, 0.3) is 5.91 Å². The number of hydrogen-bond acceptors (Lipinski definition) is 4. The van der Waals surface area contributed by atoms with Crippen LogP contribution in [0, 0.1) is 6.92 Å². The standard InChI is InChI=1S/C35H31N3OS/c1-23-10-8-9-15-26(23)20-32-34(39)37-35(40-32)36-27-21-30-28(24-11-4-2-5-12-24)16-18-38-19-17-29(31(22-27)33(30)38)25-13-6-3-7-14-25/h2-15,20-22,28-29H,16-19H2,1H3,(H,36,37,39)/b32-20-/t28-,29-/m0/s1. The SMILES string of the molecule is Cc1ccccc1/C=C1\SC(=Nc2cc3c4c(c2)[C@H](c2ccccc2)CCN4CC[C@H]3c2ccccc2)NC1=O. The van der Waals surface area contributed by atoms with E-state index >= 15 is 0 Å². The van der Waals surface area contributed by atoms with Crippen LogP contribution in [0.25, 0.3) is 6.08 Å². The van der Waals surface area contributed by atoms with Crippen LogP contribution in [0.4, 0.5) is 11.4 Å². The monoisotopic (exact) mass is 541 g/mol. The van der Waals surface area contributed by atoms with E-state index in [-0.39, 0.29) is 5.91 Å². The van der Waals surface area contributed by atoms with E-state index in [0.717, 1.165) is 42.7 Å². The van der Waals surface area contributed by atoms with Crippen LogP contribution in [-0.2, 0) is 4.79 Å². The molecule has 1 amide bonds. The number of benzene rings is 4. The van der Waals surface area contributed by atoms with Crippen molar-refractivity contribution in [3.63, 3.8) is 0 Å². The van der Waals surface area contributed by atoms with Crippen molar-refractivity contribution in [2.24, 2.45) is 4.99 Å². The van der Waals surface area contributed by atoms with Crippen LogP contribution in [0.5, 0.6) is 0 Å². The largest absolute Gasteiger partial charge is 0.371 e. The lowest BCUT2D eigenvalue weighted by Gasteiger charge is -2.43. The molecule has 5 heteroatoms. The Morgan fingerprint density at radius 1 is 0.825 bits per heavy atom. The highest BCUT2D eigenvalue weighted by molar-refractivity contribution is 8.18. The fourth-order valence-electron chi connectivity index (χ4n) is 6.39.